The van der Waals surface area contributed by atoms with Gasteiger partial charge in [0.25, 0.3) is 20.2 Å². The van der Waals surface area contributed by atoms with E-state index in [-0.39, 0.29) is 22.7 Å². The van der Waals surface area contributed by atoms with E-state index in [1.54, 1.807) is 0 Å². The van der Waals surface area contributed by atoms with Gasteiger partial charge >= 0.3 is 0 Å². The SMILES string of the molecule is Nc1ccc(S(=O)(=O)O)c(N=Nc2cc(N)ccc2S(=O)(=O)O)c1. The standard InChI is InChI=1S/C12H12N4O6S2/c13-7-1-3-11(23(17,18)19)9(5-7)15-16-10-6-8(14)2-4-12(10)24(20,21)22/h1-6H,13-14H2,(H,17,18,19)(H,20,21,22). The minimum Gasteiger partial charge on any atom is -0.399 e. The van der Waals surface area contributed by atoms with Gasteiger partial charge in [0.1, 0.15) is 21.2 Å². The Hall–Kier alpha value is -2.54. The predicted octanol–water partition coefficient (Wildman–Crippen LogP) is 1.76. The van der Waals surface area contributed by atoms with Gasteiger partial charge in [0.15, 0.2) is 0 Å². The van der Waals surface area contributed by atoms with Crippen LogP contribution in [-0.2, 0) is 20.2 Å². The Morgan fingerprint density at radius 1 is 0.708 bits per heavy atom. The van der Waals surface area contributed by atoms with E-state index in [4.69, 9.17) is 20.6 Å². The first-order chi connectivity index (χ1) is 11.0. The van der Waals surface area contributed by atoms with Crippen molar-refractivity contribution in [1.29, 1.82) is 0 Å². The Morgan fingerprint density at radius 2 is 1.04 bits per heavy atom. The maximum atomic E-state index is 11.3. The van der Waals surface area contributed by atoms with Crippen LogP contribution in [0.25, 0.3) is 0 Å². The molecule has 2 rings (SSSR count). The van der Waals surface area contributed by atoms with E-state index in [1.165, 1.54) is 12.1 Å². The summed E-state index contributed by atoms with van der Waals surface area (Å²) in [6, 6.07) is 6.72. The molecule has 0 fully saturated rings. The average Bonchev–Trinajstić information content (AvgIpc) is 2.42. The van der Waals surface area contributed by atoms with Crippen LogP contribution in [0, 0.1) is 0 Å². The summed E-state index contributed by atoms with van der Waals surface area (Å²) in [5, 5.41) is 7.19. The molecule has 2 aromatic rings. The van der Waals surface area contributed by atoms with Crippen molar-refractivity contribution < 1.29 is 25.9 Å². The smallest absolute Gasteiger partial charge is 0.296 e. The van der Waals surface area contributed by atoms with Crippen molar-refractivity contribution in [1.82, 2.24) is 0 Å². The number of benzene rings is 2. The molecule has 2 aromatic carbocycles. The molecule has 0 spiro atoms. The zero-order valence-electron chi connectivity index (χ0n) is 11.9. The summed E-state index contributed by atoms with van der Waals surface area (Å²) in [6.45, 7) is 0. The van der Waals surface area contributed by atoms with Gasteiger partial charge in [-0.2, -0.15) is 16.8 Å². The van der Waals surface area contributed by atoms with Gasteiger partial charge in [-0.1, -0.05) is 0 Å². The van der Waals surface area contributed by atoms with Gasteiger partial charge in [0, 0.05) is 11.4 Å². The van der Waals surface area contributed by atoms with E-state index in [1.807, 2.05) is 0 Å². The van der Waals surface area contributed by atoms with Crippen molar-refractivity contribution in [3.8, 4) is 0 Å². The summed E-state index contributed by atoms with van der Waals surface area (Å²) in [4.78, 5) is -1.14. The van der Waals surface area contributed by atoms with E-state index >= 15 is 0 Å². The first-order valence-electron chi connectivity index (χ1n) is 6.14. The molecule has 0 heterocycles. The van der Waals surface area contributed by atoms with Crippen LogP contribution in [0.5, 0.6) is 0 Å². The van der Waals surface area contributed by atoms with Gasteiger partial charge in [-0.15, -0.1) is 10.2 Å². The van der Waals surface area contributed by atoms with E-state index in [0.29, 0.717) is 0 Å². The van der Waals surface area contributed by atoms with E-state index in [0.717, 1.165) is 24.3 Å². The highest BCUT2D eigenvalue weighted by atomic mass is 32.2. The number of nitrogen functional groups attached to an aromatic ring is 2. The van der Waals surface area contributed by atoms with E-state index < -0.39 is 30.0 Å². The molecule has 0 atom stereocenters. The quantitative estimate of drug-likeness (QED) is 0.355. The molecule has 128 valence electrons. The largest absolute Gasteiger partial charge is 0.399 e. The molecule has 10 nitrogen and oxygen atoms in total. The number of hydrogen-bond donors (Lipinski definition) is 4. The molecule has 0 radical (unpaired) electrons. The van der Waals surface area contributed by atoms with Crippen molar-refractivity contribution in [3.63, 3.8) is 0 Å². The monoisotopic (exact) mass is 372 g/mol. The van der Waals surface area contributed by atoms with Gasteiger partial charge in [-0.25, -0.2) is 0 Å². The number of azo groups is 1. The molecule has 0 amide bonds. The van der Waals surface area contributed by atoms with Crippen LogP contribution in [0.1, 0.15) is 0 Å². The van der Waals surface area contributed by atoms with Crippen LogP contribution in [0.3, 0.4) is 0 Å². The van der Waals surface area contributed by atoms with Gasteiger partial charge in [-0.05, 0) is 36.4 Å². The fourth-order valence-electron chi connectivity index (χ4n) is 1.77. The topological polar surface area (TPSA) is 185 Å². The number of nitrogens with two attached hydrogens (primary N) is 2. The Kier molecular flexibility index (Phi) is 4.57. The third-order valence-electron chi connectivity index (χ3n) is 2.79. The lowest BCUT2D eigenvalue weighted by molar-refractivity contribution is 0.481. The normalized spacial score (nSPS) is 12.6. The molecule has 0 bridgehead atoms. The van der Waals surface area contributed by atoms with Crippen LogP contribution in [0.15, 0.2) is 56.4 Å². The fourth-order valence-corrected chi connectivity index (χ4v) is 2.98. The summed E-state index contributed by atoms with van der Waals surface area (Å²) >= 11 is 0. The lowest BCUT2D eigenvalue weighted by Crippen LogP contribution is -2.00. The van der Waals surface area contributed by atoms with Crippen molar-refractivity contribution in [2.75, 3.05) is 11.5 Å². The van der Waals surface area contributed by atoms with Crippen LogP contribution in [0.2, 0.25) is 0 Å². The molecule has 0 saturated heterocycles. The highest BCUT2D eigenvalue weighted by molar-refractivity contribution is 7.86. The lowest BCUT2D eigenvalue weighted by atomic mass is 10.3. The third-order valence-corrected chi connectivity index (χ3v) is 4.59. The Bertz CT molecular complexity index is 948. The van der Waals surface area contributed by atoms with Crippen LogP contribution in [0.4, 0.5) is 22.7 Å². The minimum atomic E-state index is -4.60. The van der Waals surface area contributed by atoms with Crippen molar-refractivity contribution >= 4 is 43.0 Å². The zero-order valence-corrected chi connectivity index (χ0v) is 13.5. The summed E-state index contributed by atoms with van der Waals surface area (Å²) in [5.74, 6) is 0. The van der Waals surface area contributed by atoms with Gasteiger partial charge in [-0.3, -0.25) is 9.11 Å². The average molecular weight is 372 g/mol. The molecule has 0 aliphatic rings. The van der Waals surface area contributed by atoms with E-state index in [2.05, 4.69) is 10.2 Å². The summed E-state index contributed by atoms with van der Waals surface area (Å²) < 4.78 is 63.6. The zero-order chi connectivity index (χ0) is 18.1. The van der Waals surface area contributed by atoms with Gasteiger partial charge in [0.05, 0.1) is 0 Å². The molecular weight excluding hydrogens is 360 g/mol. The number of anilines is 2. The highest BCUT2D eigenvalue weighted by Crippen LogP contribution is 2.31. The Morgan fingerprint density at radius 3 is 1.33 bits per heavy atom. The number of hydrogen-bond acceptors (Lipinski definition) is 8. The molecular formula is C12H12N4O6S2. The summed E-state index contributed by atoms with van der Waals surface area (Å²) in [6.07, 6.45) is 0. The second kappa shape index (κ2) is 6.16. The van der Waals surface area contributed by atoms with Crippen LogP contribution < -0.4 is 11.5 Å². The molecule has 24 heavy (non-hydrogen) atoms. The first-order valence-corrected chi connectivity index (χ1v) is 9.02. The lowest BCUT2D eigenvalue weighted by Gasteiger charge is -2.05. The Balaban J connectivity index is 2.62. The molecule has 0 unspecified atom stereocenters. The summed E-state index contributed by atoms with van der Waals surface area (Å²) in [5.41, 5.74) is 10.7. The van der Waals surface area contributed by atoms with Crippen LogP contribution in [-0.4, -0.2) is 25.9 Å². The number of rotatable bonds is 4. The summed E-state index contributed by atoms with van der Waals surface area (Å²) in [7, 11) is -9.21. The van der Waals surface area contributed by atoms with E-state index in [9.17, 15) is 16.8 Å². The molecule has 6 N–H and O–H groups in total. The van der Waals surface area contributed by atoms with Gasteiger partial charge in [0.2, 0.25) is 0 Å². The van der Waals surface area contributed by atoms with Crippen molar-refractivity contribution in [2.45, 2.75) is 9.79 Å². The van der Waals surface area contributed by atoms with Crippen molar-refractivity contribution in [3.05, 3.63) is 36.4 Å². The minimum absolute atomic E-state index is 0.138. The second-order valence-electron chi connectivity index (χ2n) is 4.60. The van der Waals surface area contributed by atoms with Crippen molar-refractivity contribution in [2.24, 2.45) is 10.2 Å². The first kappa shape index (κ1) is 17.8. The third kappa shape index (κ3) is 4.05. The van der Waals surface area contributed by atoms with Crippen LogP contribution >= 0.6 is 0 Å². The predicted molar refractivity (Wildman–Crippen MR) is 85.5 cm³/mol. The maximum Gasteiger partial charge on any atom is 0.296 e. The molecule has 0 aliphatic heterocycles. The molecule has 0 aromatic heterocycles. The molecule has 12 heteroatoms. The maximum absolute atomic E-state index is 11.3. The fraction of sp³-hybridized carbons (Fsp3) is 0. The van der Waals surface area contributed by atoms with Gasteiger partial charge < -0.3 is 11.5 Å². The molecule has 0 aliphatic carbocycles. The second-order valence-corrected chi connectivity index (χ2v) is 7.38. The Labute approximate surface area is 137 Å². The molecule has 0 saturated carbocycles. The highest BCUT2D eigenvalue weighted by Gasteiger charge is 2.18. The number of nitrogens with zero attached hydrogens (tertiary/aromatic N) is 2.